The number of carbonyl (C=O) groups excluding carboxylic acids is 1. The average molecular weight is 433 g/mol. The van der Waals surface area contributed by atoms with Crippen LogP contribution in [0.5, 0.6) is 0 Å². The van der Waals surface area contributed by atoms with E-state index in [0.717, 1.165) is 15.6 Å². The highest BCUT2D eigenvalue weighted by Crippen LogP contribution is 2.36. The molecule has 6 heteroatoms. The Balaban J connectivity index is 1.45. The summed E-state index contributed by atoms with van der Waals surface area (Å²) in [4.78, 5) is 17.9. The van der Waals surface area contributed by atoms with E-state index in [0.29, 0.717) is 32.6 Å². The minimum absolute atomic E-state index is 0.238. The van der Waals surface area contributed by atoms with Crippen LogP contribution >= 0.6 is 22.9 Å². The summed E-state index contributed by atoms with van der Waals surface area (Å²) in [6.45, 7) is 4.14. The zero-order valence-corrected chi connectivity index (χ0v) is 17.9. The van der Waals surface area contributed by atoms with Gasteiger partial charge in [-0.25, -0.2) is 4.98 Å². The molecule has 2 aromatic heterocycles. The maximum atomic E-state index is 12.8. The fraction of sp³-hybridized carbons (Fsp3) is 0.0833. The van der Waals surface area contributed by atoms with Gasteiger partial charge < -0.3 is 9.73 Å². The normalized spacial score (nSPS) is 11.3. The minimum Gasteiger partial charge on any atom is -0.436 e. The lowest BCUT2D eigenvalue weighted by molar-refractivity contribution is 0.103. The number of nitrogens with zero attached hydrogens (tertiary/aromatic N) is 1. The van der Waals surface area contributed by atoms with Crippen LogP contribution in [0.1, 0.15) is 20.8 Å². The molecule has 0 spiro atoms. The molecule has 5 aromatic rings. The van der Waals surface area contributed by atoms with Crippen molar-refractivity contribution < 1.29 is 9.21 Å². The number of aryl methyl sites for hydroxylation is 2. The Hall–Kier alpha value is -3.15. The molecule has 0 saturated heterocycles. The van der Waals surface area contributed by atoms with Crippen molar-refractivity contribution in [2.75, 3.05) is 5.32 Å². The van der Waals surface area contributed by atoms with Crippen molar-refractivity contribution in [2.45, 2.75) is 13.8 Å². The third-order valence-electron chi connectivity index (χ3n) is 5.14. The molecule has 0 bridgehead atoms. The van der Waals surface area contributed by atoms with Gasteiger partial charge in [0.25, 0.3) is 5.91 Å². The molecule has 0 aliphatic rings. The minimum atomic E-state index is -0.238. The van der Waals surface area contributed by atoms with Gasteiger partial charge >= 0.3 is 0 Å². The molecule has 1 amide bonds. The summed E-state index contributed by atoms with van der Waals surface area (Å²) in [6.07, 6.45) is 0. The third kappa shape index (κ3) is 3.26. The van der Waals surface area contributed by atoms with Crippen molar-refractivity contribution in [3.8, 4) is 11.5 Å². The van der Waals surface area contributed by atoms with Crippen molar-refractivity contribution in [1.29, 1.82) is 0 Å². The summed E-state index contributed by atoms with van der Waals surface area (Å²) in [7, 11) is 0. The Morgan fingerprint density at radius 3 is 2.67 bits per heavy atom. The van der Waals surface area contributed by atoms with Gasteiger partial charge in [0.2, 0.25) is 5.89 Å². The fourth-order valence-electron chi connectivity index (χ4n) is 3.35. The van der Waals surface area contributed by atoms with E-state index in [1.54, 1.807) is 6.07 Å². The van der Waals surface area contributed by atoms with Crippen LogP contribution in [-0.2, 0) is 0 Å². The van der Waals surface area contributed by atoms with Gasteiger partial charge in [0.15, 0.2) is 5.58 Å². The Morgan fingerprint density at radius 2 is 1.87 bits per heavy atom. The molecule has 0 saturated carbocycles. The zero-order chi connectivity index (χ0) is 20.8. The highest BCUT2D eigenvalue weighted by Gasteiger charge is 2.18. The Morgan fingerprint density at radius 1 is 1.03 bits per heavy atom. The molecule has 30 heavy (non-hydrogen) atoms. The molecular weight excluding hydrogens is 416 g/mol. The largest absolute Gasteiger partial charge is 0.436 e. The van der Waals surface area contributed by atoms with Gasteiger partial charge in [0.05, 0.1) is 5.02 Å². The van der Waals surface area contributed by atoms with E-state index in [4.69, 9.17) is 16.0 Å². The number of fused-ring (bicyclic) bond motifs is 2. The molecule has 3 aromatic carbocycles. The van der Waals surface area contributed by atoms with Crippen LogP contribution in [0.2, 0.25) is 5.02 Å². The second kappa shape index (κ2) is 7.27. The van der Waals surface area contributed by atoms with Crippen LogP contribution in [0.3, 0.4) is 0 Å². The second-order valence-corrected chi connectivity index (χ2v) is 8.63. The highest BCUT2D eigenvalue weighted by atomic mass is 35.5. The predicted octanol–water partition coefficient (Wildman–Crippen LogP) is 7.23. The standard InChI is InChI=1S/C24H17ClN2O2S/c1-13-7-8-15(11-14(13)2)24-27-18-12-16(9-10-19(18)29-24)26-23(28)22-21(25)17-5-3-4-6-20(17)30-22/h3-12H,1-2H3,(H,26,28). The number of amides is 1. The Bertz CT molecular complexity index is 1430. The Kier molecular flexibility index (Phi) is 4.57. The second-order valence-electron chi connectivity index (χ2n) is 7.20. The lowest BCUT2D eigenvalue weighted by Gasteiger charge is -2.03. The van der Waals surface area contributed by atoms with Gasteiger partial charge in [0, 0.05) is 21.3 Å². The number of hydrogen-bond acceptors (Lipinski definition) is 4. The first-order chi connectivity index (χ1) is 14.5. The van der Waals surface area contributed by atoms with E-state index in [9.17, 15) is 4.79 Å². The van der Waals surface area contributed by atoms with E-state index in [1.807, 2.05) is 42.5 Å². The summed E-state index contributed by atoms with van der Waals surface area (Å²) < 4.78 is 6.89. The van der Waals surface area contributed by atoms with Gasteiger partial charge in [-0.2, -0.15) is 0 Å². The number of anilines is 1. The smallest absolute Gasteiger partial charge is 0.267 e. The summed E-state index contributed by atoms with van der Waals surface area (Å²) in [5.41, 5.74) is 5.32. The van der Waals surface area contributed by atoms with Crippen molar-refractivity contribution in [3.63, 3.8) is 0 Å². The van der Waals surface area contributed by atoms with Crippen molar-refractivity contribution >= 4 is 55.7 Å². The van der Waals surface area contributed by atoms with E-state index in [1.165, 1.54) is 22.5 Å². The van der Waals surface area contributed by atoms with E-state index in [-0.39, 0.29) is 5.91 Å². The van der Waals surface area contributed by atoms with Gasteiger partial charge in [0.1, 0.15) is 10.4 Å². The maximum absolute atomic E-state index is 12.8. The lowest BCUT2D eigenvalue weighted by Crippen LogP contribution is -2.10. The molecule has 0 atom stereocenters. The number of carbonyl (C=O) groups is 1. The number of thiophene rings is 1. The summed E-state index contributed by atoms with van der Waals surface area (Å²) in [5, 5.41) is 4.29. The molecule has 4 nitrogen and oxygen atoms in total. The molecule has 0 unspecified atom stereocenters. The number of benzene rings is 3. The van der Waals surface area contributed by atoms with Gasteiger partial charge in [-0.3, -0.25) is 4.79 Å². The molecule has 1 N–H and O–H groups in total. The lowest BCUT2D eigenvalue weighted by atomic mass is 10.1. The summed E-state index contributed by atoms with van der Waals surface area (Å²) >= 11 is 7.81. The van der Waals surface area contributed by atoms with E-state index < -0.39 is 0 Å². The molecule has 5 rings (SSSR count). The summed E-state index contributed by atoms with van der Waals surface area (Å²) in [5.74, 6) is 0.322. The SMILES string of the molecule is Cc1ccc(-c2nc3cc(NC(=O)c4sc5ccccc5c4Cl)ccc3o2)cc1C. The van der Waals surface area contributed by atoms with Gasteiger partial charge in [-0.05, 0) is 61.4 Å². The molecule has 0 aliphatic heterocycles. The van der Waals surface area contributed by atoms with Crippen LogP contribution in [0.4, 0.5) is 5.69 Å². The quantitative estimate of drug-likeness (QED) is 0.327. The van der Waals surface area contributed by atoms with Crippen LogP contribution in [0.25, 0.3) is 32.6 Å². The van der Waals surface area contributed by atoms with Gasteiger partial charge in [-0.1, -0.05) is 35.9 Å². The molecular formula is C24H17ClN2O2S. The number of oxazole rings is 1. The topological polar surface area (TPSA) is 55.1 Å². The first-order valence-corrected chi connectivity index (χ1v) is 10.7. The number of nitrogens with one attached hydrogen (secondary N) is 1. The first-order valence-electron chi connectivity index (χ1n) is 9.46. The summed E-state index contributed by atoms with van der Waals surface area (Å²) in [6, 6.07) is 19.3. The van der Waals surface area contributed by atoms with Crippen molar-refractivity contribution in [2.24, 2.45) is 0 Å². The number of halogens is 1. The van der Waals surface area contributed by atoms with Crippen LogP contribution in [0.15, 0.2) is 65.1 Å². The first kappa shape index (κ1) is 18.9. The average Bonchev–Trinajstić information content (AvgIpc) is 3.31. The predicted molar refractivity (Wildman–Crippen MR) is 124 cm³/mol. The molecule has 148 valence electrons. The fourth-order valence-corrected chi connectivity index (χ4v) is 4.76. The molecule has 0 fully saturated rings. The van der Waals surface area contributed by atoms with E-state index in [2.05, 4.69) is 36.3 Å². The number of hydrogen-bond donors (Lipinski definition) is 1. The zero-order valence-electron chi connectivity index (χ0n) is 16.3. The van der Waals surface area contributed by atoms with Gasteiger partial charge in [-0.15, -0.1) is 11.3 Å². The number of rotatable bonds is 3. The van der Waals surface area contributed by atoms with Crippen LogP contribution in [0, 0.1) is 13.8 Å². The maximum Gasteiger partial charge on any atom is 0.267 e. The number of aromatic nitrogens is 1. The van der Waals surface area contributed by atoms with Crippen molar-refractivity contribution in [1.82, 2.24) is 4.98 Å². The Labute approximate surface area is 182 Å². The molecule has 0 aliphatic carbocycles. The third-order valence-corrected chi connectivity index (χ3v) is 6.81. The van der Waals surface area contributed by atoms with E-state index >= 15 is 0 Å². The molecule has 2 heterocycles. The molecule has 0 radical (unpaired) electrons. The van der Waals surface area contributed by atoms with Crippen LogP contribution in [-0.4, -0.2) is 10.9 Å². The van der Waals surface area contributed by atoms with Crippen LogP contribution < -0.4 is 5.32 Å². The van der Waals surface area contributed by atoms with Crippen molar-refractivity contribution in [3.05, 3.63) is 81.7 Å². The monoisotopic (exact) mass is 432 g/mol. The highest BCUT2D eigenvalue weighted by molar-refractivity contribution is 7.21.